The van der Waals surface area contributed by atoms with E-state index in [-0.39, 0.29) is 0 Å². The molecule has 0 saturated heterocycles. The van der Waals surface area contributed by atoms with Gasteiger partial charge < -0.3 is 0 Å². The van der Waals surface area contributed by atoms with Crippen molar-refractivity contribution in [1.29, 1.82) is 0 Å². The second-order valence-corrected chi connectivity index (χ2v) is 6.34. The highest BCUT2D eigenvalue weighted by Crippen LogP contribution is 2.26. The minimum absolute atomic E-state index is 0.551. The van der Waals surface area contributed by atoms with Gasteiger partial charge in [0, 0.05) is 11.3 Å². The first-order valence-electron chi connectivity index (χ1n) is 6.75. The van der Waals surface area contributed by atoms with Crippen LogP contribution in [0.3, 0.4) is 0 Å². The highest BCUT2D eigenvalue weighted by atomic mass is 32.2. The summed E-state index contributed by atoms with van der Waals surface area (Å²) in [5.74, 6) is 0.905. The Labute approximate surface area is 118 Å². The quantitative estimate of drug-likeness (QED) is 0.898. The summed E-state index contributed by atoms with van der Waals surface area (Å²) < 4.78 is 0. The summed E-state index contributed by atoms with van der Waals surface area (Å²) in [4.78, 5) is 4.59. The zero-order valence-corrected chi connectivity index (χ0v) is 12.5. The average molecular weight is 273 g/mol. The number of nitrogens with zero attached hydrogens (tertiary/aromatic N) is 2. The lowest BCUT2D eigenvalue weighted by Crippen LogP contribution is -2.26. The Morgan fingerprint density at radius 1 is 1.16 bits per heavy atom. The predicted molar refractivity (Wildman–Crippen MR) is 83.2 cm³/mol. The molecule has 3 nitrogen and oxygen atoms in total. The van der Waals surface area contributed by atoms with Crippen LogP contribution in [0.2, 0.25) is 0 Å². The van der Waals surface area contributed by atoms with Gasteiger partial charge in [-0.15, -0.1) is 0 Å². The van der Waals surface area contributed by atoms with Gasteiger partial charge >= 0.3 is 0 Å². The molecule has 0 radical (unpaired) electrons. The van der Waals surface area contributed by atoms with E-state index in [1.165, 1.54) is 35.1 Å². The molecule has 1 aliphatic heterocycles. The van der Waals surface area contributed by atoms with Crippen LogP contribution >= 0.6 is 11.8 Å². The highest BCUT2D eigenvalue weighted by molar-refractivity contribution is 8.14. The van der Waals surface area contributed by atoms with Crippen LogP contribution in [0.5, 0.6) is 0 Å². The van der Waals surface area contributed by atoms with E-state index in [0.717, 1.165) is 16.6 Å². The predicted octanol–water partition coefficient (Wildman–Crippen LogP) is 3.17. The Bertz CT molecular complexity index is 571. The van der Waals surface area contributed by atoms with Gasteiger partial charge in [-0.25, -0.2) is 0 Å². The molecule has 0 spiro atoms. The Morgan fingerprint density at radius 3 is 2.53 bits per heavy atom. The van der Waals surface area contributed by atoms with E-state index in [2.05, 4.69) is 48.4 Å². The lowest BCUT2D eigenvalue weighted by Gasteiger charge is -2.17. The normalized spacial score (nSPS) is 21.2. The van der Waals surface area contributed by atoms with Crippen LogP contribution < -0.4 is 5.43 Å². The van der Waals surface area contributed by atoms with E-state index in [4.69, 9.17) is 0 Å². The molecule has 1 saturated carbocycles. The highest BCUT2D eigenvalue weighted by Gasteiger charge is 2.23. The number of aryl methyl sites for hydroxylation is 3. The van der Waals surface area contributed by atoms with E-state index in [1.54, 1.807) is 11.8 Å². The first-order chi connectivity index (χ1) is 9.13. The number of aliphatic imine (C=N–C) groups is 1. The van der Waals surface area contributed by atoms with Crippen LogP contribution in [0.25, 0.3) is 0 Å². The van der Waals surface area contributed by atoms with Gasteiger partial charge in [-0.1, -0.05) is 17.8 Å². The molecule has 3 rings (SSSR count). The zero-order chi connectivity index (χ0) is 13.4. The molecule has 1 aromatic rings. The van der Waals surface area contributed by atoms with Crippen molar-refractivity contribution < 1.29 is 0 Å². The van der Waals surface area contributed by atoms with Crippen molar-refractivity contribution in [3.8, 4) is 0 Å². The topological polar surface area (TPSA) is 36.8 Å². The Balaban J connectivity index is 1.83. The third-order valence-electron chi connectivity index (χ3n) is 3.63. The lowest BCUT2D eigenvalue weighted by molar-refractivity contribution is 0.984. The van der Waals surface area contributed by atoms with Gasteiger partial charge in [0.2, 0.25) is 0 Å². The van der Waals surface area contributed by atoms with Gasteiger partial charge in [-0.2, -0.15) is 5.10 Å². The van der Waals surface area contributed by atoms with Gasteiger partial charge in [0.05, 0.1) is 11.8 Å². The Kier molecular flexibility index (Phi) is 3.35. The summed E-state index contributed by atoms with van der Waals surface area (Å²) in [5, 5.41) is 5.49. The van der Waals surface area contributed by atoms with Crippen LogP contribution in [0.15, 0.2) is 22.2 Å². The number of benzene rings is 1. The third kappa shape index (κ3) is 2.84. The summed E-state index contributed by atoms with van der Waals surface area (Å²) in [6.45, 7) is 6.47. The Hall–Kier alpha value is -1.29. The molecule has 1 N–H and O–H groups in total. The molecule has 1 heterocycles. The molecule has 0 atom stereocenters. The lowest BCUT2D eigenvalue weighted by atomic mass is 9.98. The van der Waals surface area contributed by atoms with E-state index in [0.29, 0.717) is 6.04 Å². The molecule has 1 fully saturated rings. The standard InChI is InChI=1S/C15H19N3S/c1-9-6-11(3)13(7-10(9)2)14-8-19-15(18-17-14)16-12-4-5-12/h6-7,12H,4-5,8H2,1-3H3,(H,16,18). The van der Waals surface area contributed by atoms with Crippen LogP contribution in [-0.4, -0.2) is 22.7 Å². The molecule has 1 aliphatic carbocycles. The number of hydrogen-bond acceptors (Lipinski definition) is 3. The van der Waals surface area contributed by atoms with Crippen LogP contribution in [0, 0.1) is 20.8 Å². The fourth-order valence-electron chi connectivity index (χ4n) is 2.16. The van der Waals surface area contributed by atoms with Gasteiger partial charge in [0.15, 0.2) is 5.17 Å². The maximum atomic E-state index is 4.59. The first-order valence-corrected chi connectivity index (χ1v) is 7.73. The number of thioether (sulfide) groups is 1. The largest absolute Gasteiger partial charge is 0.258 e. The smallest absolute Gasteiger partial charge is 0.177 e. The number of amidine groups is 1. The van der Waals surface area contributed by atoms with Crippen LogP contribution in [0.1, 0.15) is 35.1 Å². The van der Waals surface area contributed by atoms with E-state index >= 15 is 0 Å². The minimum atomic E-state index is 0.551. The SMILES string of the molecule is Cc1cc(C)c(C2=NNC(=NC3CC3)SC2)cc1C. The summed E-state index contributed by atoms with van der Waals surface area (Å²) in [6, 6.07) is 5.04. The fraction of sp³-hybridized carbons (Fsp3) is 0.467. The molecule has 0 amide bonds. The molecule has 2 aliphatic rings. The van der Waals surface area contributed by atoms with Crippen molar-refractivity contribution in [3.63, 3.8) is 0 Å². The fourth-order valence-corrected chi connectivity index (χ4v) is 2.99. The van der Waals surface area contributed by atoms with Gasteiger partial charge in [-0.05, 0) is 56.4 Å². The molecular weight excluding hydrogens is 254 g/mol. The third-order valence-corrected chi connectivity index (χ3v) is 4.52. The monoisotopic (exact) mass is 273 g/mol. The molecule has 0 aromatic heterocycles. The van der Waals surface area contributed by atoms with Crippen molar-refractivity contribution in [2.75, 3.05) is 5.75 Å². The maximum Gasteiger partial charge on any atom is 0.177 e. The molecule has 19 heavy (non-hydrogen) atoms. The van der Waals surface area contributed by atoms with Crippen molar-refractivity contribution in [2.45, 2.75) is 39.7 Å². The van der Waals surface area contributed by atoms with Crippen LogP contribution in [0.4, 0.5) is 0 Å². The molecule has 0 unspecified atom stereocenters. The minimum Gasteiger partial charge on any atom is -0.258 e. The van der Waals surface area contributed by atoms with Gasteiger partial charge in [0.1, 0.15) is 0 Å². The Morgan fingerprint density at radius 2 is 1.89 bits per heavy atom. The second-order valence-electron chi connectivity index (χ2n) is 5.38. The average Bonchev–Trinajstić information content (AvgIpc) is 3.19. The van der Waals surface area contributed by atoms with Crippen molar-refractivity contribution in [1.82, 2.24) is 5.43 Å². The van der Waals surface area contributed by atoms with E-state index < -0.39 is 0 Å². The maximum absolute atomic E-state index is 4.59. The zero-order valence-electron chi connectivity index (χ0n) is 11.7. The molecule has 0 bridgehead atoms. The summed E-state index contributed by atoms with van der Waals surface area (Å²) in [6.07, 6.45) is 2.47. The summed E-state index contributed by atoms with van der Waals surface area (Å²) >= 11 is 1.76. The van der Waals surface area contributed by atoms with Gasteiger partial charge in [-0.3, -0.25) is 10.4 Å². The molecule has 100 valence electrons. The van der Waals surface area contributed by atoms with Crippen molar-refractivity contribution in [2.24, 2.45) is 10.1 Å². The second kappa shape index (κ2) is 5.00. The van der Waals surface area contributed by atoms with Crippen molar-refractivity contribution in [3.05, 3.63) is 34.4 Å². The summed E-state index contributed by atoms with van der Waals surface area (Å²) in [5.41, 5.74) is 9.45. The first kappa shape index (κ1) is 12.7. The molecule has 1 aromatic carbocycles. The van der Waals surface area contributed by atoms with Gasteiger partial charge in [0.25, 0.3) is 0 Å². The molecule has 4 heteroatoms. The van der Waals surface area contributed by atoms with E-state index in [9.17, 15) is 0 Å². The number of hydrogen-bond donors (Lipinski definition) is 1. The van der Waals surface area contributed by atoms with Crippen LogP contribution in [-0.2, 0) is 0 Å². The number of nitrogens with one attached hydrogen (secondary N) is 1. The molecular formula is C15H19N3S. The van der Waals surface area contributed by atoms with Crippen molar-refractivity contribution >= 4 is 22.6 Å². The number of rotatable bonds is 2. The summed E-state index contributed by atoms with van der Waals surface area (Å²) in [7, 11) is 0. The number of hydrazone groups is 1. The van der Waals surface area contributed by atoms with E-state index in [1.807, 2.05) is 0 Å².